The summed E-state index contributed by atoms with van der Waals surface area (Å²) < 4.78 is 5.25. The standard InChI is InChI=1S/C11H21N3S2/c1-6-11(4,5)12-7-8(2)15-10-13-9(3)14-16-10/h8,12H,6-7H2,1-5H3. The molecule has 1 heterocycles. The maximum absolute atomic E-state index is 4.36. The molecule has 0 amide bonds. The topological polar surface area (TPSA) is 37.8 Å². The van der Waals surface area contributed by atoms with E-state index in [-0.39, 0.29) is 5.54 Å². The van der Waals surface area contributed by atoms with Crippen LogP contribution < -0.4 is 5.32 Å². The molecule has 0 bridgehead atoms. The van der Waals surface area contributed by atoms with Gasteiger partial charge in [0.25, 0.3) is 0 Å². The molecule has 1 N–H and O–H groups in total. The number of aromatic nitrogens is 2. The molecule has 1 atom stereocenters. The Bertz CT molecular complexity index is 323. The second-order valence-corrected chi connectivity index (χ2v) is 7.09. The molecule has 3 nitrogen and oxygen atoms in total. The Labute approximate surface area is 107 Å². The highest BCUT2D eigenvalue weighted by atomic mass is 32.2. The van der Waals surface area contributed by atoms with Crippen molar-refractivity contribution in [1.29, 1.82) is 0 Å². The number of hydrogen-bond acceptors (Lipinski definition) is 5. The van der Waals surface area contributed by atoms with Gasteiger partial charge in [-0.15, -0.1) is 0 Å². The third-order valence-electron chi connectivity index (χ3n) is 2.56. The zero-order chi connectivity index (χ0) is 12.2. The van der Waals surface area contributed by atoms with Crippen LogP contribution in [0.4, 0.5) is 0 Å². The highest BCUT2D eigenvalue weighted by Gasteiger charge is 2.16. The van der Waals surface area contributed by atoms with Crippen molar-refractivity contribution < 1.29 is 0 Å². The molecule has 0 aliphatic carbocycles. The lowest BCUT2D eigenvalue weighted by Crippen LogP contribution is -2.41. The fourth-order valence-electron chi connectivity index (χ4n) is 1.08. The lowest BCUT2D eigenvalue weighted by molar-refractivity contribution is 0.379. The van der Waals surface area contributed by atoms with Crippen LogP contribution >= 0.6 is 23.3 Å². The van der Waals surface area contributed by atoms with E-state index in [1.807, 2.05) is 6.92 Å². The number of aryl methyl sites for hydroxylation is 1. The second-order valence-electron chi connectivity index (χ2n) is 4.65. The molecule has 0 radical (unpaired) electrons. The minimum atomic E-state index is 0.228. The first-order chi connectivity index (χ1) is 7.43. The zero-order valence-electron chi connectivity index (χ0n) is 10.7. The third kappa shape index (κ3) is 4.80. The summed E-state index contributed by atoms with van der Waals surface area (Å²) in [6.45, 7) is 11.8. The fourth-order valence-corrected chi connectivity index (χ4v) is 2.98. The molecule has 1 rings (SSSR count). The Hall–Kier alpha value is -0.130. The summed E-state index contributed by atoms with van der Waals surface area (Å²) in [7, 11) is 0. The first-order valence-electron chi connectivity index (χ1n) is 5.65. The van der Waals surface area contributed by atoms with Crippen molar-refractivity contribution in [2.75, 3.05) is 6.54 Å². The zero-order valence-corrected chi connectivity index (χ0v) is 12.3. The predicted octanol–water partition coefficient (Wildman–Crippen LogP) is 3.11. The summed E-state index contributed by atoms with van der Waals surface area (Å²) in [6, 6.07) is 0. The maximum Gasteiger partial charge on any atom is 0.170 e. The minimum absolute atomic E-state index is 0.228. The Balaban J connectivity index is 2.34. The normalized spacial score (nSPS) is 14.1. The van der Waals surface area contributed by atoms with Crippen LogP contribution in [0, 0.1) is 6.92 Å². The predicted molar refractivity (Wildman–Crippen MR) is 72.3 cm³/mol. The van der Waals surface area contributed by atoms with Crippen molar-refractivity contribution in [1.82, 2.24) is 14.7 Å². The summed E-state index contributed by atoms with van der Waals surface area (Å²) in [4.78, 5) is 4.36. The van der Waals surface area contributed by atoms with Crippen LogP contribution in [-0.4, -0.2) is 26.7 Å². The monoisotopic (exact) mass is 259 g/mol. The van der Waals surface area contributed by atoms with Crippen LogP contribution in [0.1, 0.15) is 39.9 Å². The number of nitrogens with zero attached hydrogens (tertiary/aromatic N) is 2. The number of rotatable bonds is 6. The van der Waals surface area contributed by atoms with Gasteiger partial charge in [0.1, 0.15) is 5.82 Å². The molecule has 1 unspecified atom stereocenters. The van der Waals surface area contributed by atoms with Crippen LogP contribution in [0.5, 0.6) is 0 Å². The molecule has 5 heteroatoms. The van der Waals surface area contributed by atoms with E-state index in [9.17, 15) is 0 Å². The first-order valence-corrected chi connectivity index (χ1v) is 7.30. The van der Waals surface area contributed by atoms with E-state index in [0.29, 0.717) is 5.25 Å². The summed E-state index contributed by atoms with van der Waals surface area (Å²) in [6.07, 6.45) is 1.14. The summed E-state index contributed by atoms with van der Waals surface area (Å²) >= 11 is 3.29. The molecule has 1 aromatic rings. The molecule has 0 aromatic carbocycles. The molecule has 1 aromatic heterocycles. The van der Waals surface area contributed by atoms with Gasteiger partial charge in [-0.25, -0.2) is 4.98 Å². The minimum Gasteiger partial charge on any atom is -0.311 e. The van der Waals surface area contributed by atoms with Crippen molar-refractivity contribution in [3.05, 3.63) is 5.82 Å². The smallest absolute Gasteiger partial charge is 0.170 e. The molecule has 0 fully saturated rings. The molecule has 0 aliphatic rings. The number of nitrogens with one attached hydrogen (secondary N) is 1. The van der Waals surface area contributed by atoms with Crippen molar-refractivity contribution in [3.8, 4) is 0 Å². The molecule has 0 aliphatic heterocycles. The fraction of sp³-hybridized carbons (Fsp3) is 0.818. The van der Waals surface area contributed by atoms with Crippen molar-refractivity contribution in [3.63, 3.8) is 0 Å². The molecular formula is C11H21N3S2. The average molecular weight is 259 g/mol. The molecule has 16 heavy (non-hydrogen) atoms. The summed E-state index contributed by atoms with van der Waals surface area (Å²) in [5.41, 5.74) is 0.228. The van der Waals surface area contributed by atoms with Gasteiger partial charge in [-0.3, -0.25) is 0 Å². The van der Waals surface area contributed by atoms with Crippen LogP contribution in [-0.2, 0) is 0 Å². The summed E-state index contributed by atoms with van der Waals surface area (Å²) in [5, 5.41) is 4.10. The van der Waals surface area contributed by atoms with Gasteiger partial charge in [0.15, 0.2) is 4.34 Å². The quantitative estimate of drug-likeness (QED) is 0.797. The van der Waals surface area contributed by atoms with Crippen molar-refractivity contribution >= 4 is 23.3 Å². The molecule has 0 saturated carbocycles. The third-order valence-corrected chi connectivity index (χ3v) is 4.54. The largest absolute Gasteiger partial charge is 0.311 e. The molecule has 92 valence electrons. The molecule has 0 spiro atoms. The van der Waals surface area contributed by atoms with Gasteiger partial charge >= 0.3 is 0 Å². The van der Waals surface area contributed by atoms with Crippen molar-refractivity contribution in [2.24, 2.45) is 0 Å². The lowest BCUT2D eigenvalue weighted by Gasteiger charge is -2.26. The SMILES string of the molecule is CCC(C)(C)NCC(C)Sc1nc(C)ns1. The highest BCUT2D eigenvalue weighted by Crippen LogP contribution is 2.24. The van der Waals surface area contributed by atoms with Gasteiger partial charge < -0.3 is 5.32 Å². The lowest BCUT2D eigenvalue weighted by atomic mass is 10.0. The molecule has 0 saturated heterocycles. The van der Waals surface area contributed by atoms with Gasteiger partial charge in [-0.05, 0) is 38.7 Å². The van der Waals surface area contributed by atoms with E-state index in [1.165, 1.54) is 11.5 Å². The Morgan fingerprint density at radius 2 is 2.19 bits per heavy atom. The van der Waals surface area contributed by atoms with E-state index < -0.39 is 0 Å². The summed E-state index contributed by atoms with van der Waals surface area (Å²) in [5.74, 6) is 0.876. The van der Waals surface area contributed by atoms with E-state index in [4.69, 9.17) is 0 Å². The first kappa shape index (κ1) is 13.9. The Kier molecular flexibility index (Phi) is 5.21. The number of thioether (sulfide) groups is 1. The second kappa shape index (κ2) is 5.98. The Morgan fingerprint density at radius 3 is 2.69 bits per heavy atom. The Morgan fingerprint density at radius 1 is 1.50 bits per heavy atom. The van der Waals surface area contributed by atoms with Crippen molar-refractivity contribution in [2.45, 2.75) is 56.2 Å². The van der Waals surface area contributed by atoms with E-state index in [2.05, 4.69) is 42.4 Å². The van der Waals surface area contributed by atoms with Gasteiger partial charge in [-0.1, -0.05) is 25.6 Å². The van der Waals surface area contributed by atoms with Crippen LogP contribution in [0.25, 0.3) is 0 Å². The van der Waals surface area contributed by atoms with Gasteiger partial charge in [-0.2, -0.15) is 4.37 Å². The van der Waals surface area contributed by atoms with Gasteiger partial charge in [0, 0.05) is 17.3 Å². The van der Waals surface area contributed by atoms with Gasteiger partial charge in [0.05, 0.1) is 0 Å². The van der Waals surface area contributed by atoms with Gasteiger partial charge in [0.2, 0.25) is 0 Å². The van der Waals surface area contributed by atoms with E-state index >= 15 is 0 Å². The maximum atomic E-state index is 4.36. The van der Waals surface area contributed by atoms with E-state index in [0.717, 1.165) is 23.1 Å². The highest BCUT2D eigenvalue weighted by molar-refractivity contribution is 8.01. The molecular weight excluding hydrogens is 238 g/mol. The van der Waals surface area contributed by atoms with E-state index in [1.54, 1.807) is 11.8 Å². The van der Waals surface area contributed by atoms with Crippen LogP contribution in [0.3, 0.4) is 0 Å². The van der Waals surface area contributed by atoms with Crippen LogP contribution in [0.2, 0.25) is 0 Å². The average Bonchev–Trinajstić information content (AvgIpc) is 2.61. The van der Waals surface area contributed by atoms with Crippen LogP contribution in [0.15, 0.2) is 4.34 Å². The number of hydrogen-bond donors (Lipinski definition) is 1.